The van der Waals surface area contributed by atoms with Crippen LogP contribution in [0, 0.1) is 5.92 Å². The summed E-state index contributed by atoms with van der Waals surface area (Å²) in [6.45, 7) is 5.75. The number of nitrogen functional groups attached to an aromatic ring is 1. The predicted molar refractivity (Wildman–Crippen MR) is 63.9 cm³/mol. The lowest BCUT2D eigenvalue weighted by molar-refractivity contribution is 0.378. The molecule has 0 aromatic carbocycles. The van der Waals surface area contributed by atoms with Crippen molar-refractivity contribution in [3.8, 4) is 0 Å². The molecular weight excluding hydrogens is 186 g/mol. The van der Waals surface area contributed by atoms with Crippen molar-refractivity contribution in [3.63, 3.8) is 0 Å². The first-order valence-electron chi connectivity index (χ1n) is 5.65. The number of rotatable bonds is 1. The van der Waals surface area contributed by atoms with Gasteiger partial charge in [-0.15, -0.1) is 0 Å². The summed E-state index contributed by atoms with van der Waals surface area (Å²) in [5, 5.41) is 0. The van der Waals surface area contributed by atoms with Gasteiger partial charge in [-0.1, -0.05) is 6.92 Å². The summed E-state index contributed by atoms with van der Waals surface area (Å²) >= 11 is 0. The molecule has 3 heteroatoms. The molecule has 15 heavy (non-hydrogen) atoms. The quantitative estimate of drug-likeness (QED) is 0.765. The largest absolute Gasteiger partial charge is 0.384 e. The third-order valence-corrected chi connectivity index (χ3v) is 3.24. The molecule has 0 spiro atoms. The molecule has 2 atom stereocenters. The topological polar surface area (TPSA) is 42.1 Å². The molecule has 1 saturated heterocycles. The maximum Gasteiger partial charge on any atom is 0.123 e. The van der Waals surface area contributed by atoms with Crippen molar-refractivity contribution in [3.05, 3.63) is 18.3 Å². The highest BCUT2D eigenvalue weighted by Gasteiger charge is 2.22. The van der Waals surface area contributed by atoms with Crippen LogP contribution in [0.25, 0.3) is 0 Å². The standard InChI is InChI=1S/C12H19N3/c1-9-5-6-15(10(2)7-9)11-3-4-12(13)14-8-11/h3-4,8-10H,5-7H2,1-2H3,(H2,13,14). The van der Waals surface area contributed by atoms with Crippen LogP contribution in [-0.4, -0.2) is 17.6 Å². The van der Waals surface area contributed by atoms with E-state index in [2.05, 4.69) is 29.8 Å². The van der Waals surface area contributed by atoms with Gasteiger partial charge >= 0.3 is 0 Å². The zero-order valence-electron chi connectivity index (χ0n) is 9.48. The Morgan fingerprint density at radius 2 is 2.20 bits per heavy atom. The summed E-state index contributed by atoms with van der Waals surface area (Å²) in [6, 6.07) is 4.55. The van der Waals surface area contributed by atoms with E-state index in [4.69, 9.17) is 5.73 Å². The van der Waals surface area contributed by atoms with Gasteiger partial charge in [0.1, 0.15) is 5.82 Å². The smallest absolute Gasteiger partial charge is 0.123 e. The molecule has 2 heterocycles. The van der Waals surface area contributed by atoms with E-state index in [0.29, 0.717) is 11.9 Å². The SMILES string of the molecule is CC1CCN(c2ccc(N)nc2)C(C)C1. The number of nitrogens with zero attached hydrogens (tertiary/aromatic N) is 2. The number of piperidine rings is 1. The van der Waals surface area contributed by atoms with Gasteiger partial charge in [-0.3, -0.25) is 0 Å². The zero-order valence-corrected chi connectivity index (χ0v) is 9.48. The summed E-state index contributed by atoms with van der Waals surface area (Å²) in [5.74, 6) is 1.44. The van der Waals surface area contributed by atoms with E-state index in [1.165, 1.54) is 18.5 Å². The van der Waals surface area contributed by atoms with Gasteiger partial charge in [0, 0.05) is 12.6 Å². The molecule has 1 aliphatic heterocycles. The number of hydrogen-bond donors (Lipinski definition) is 1. The lowest BCUT2D eigenvalue weighted by Gasteiger charge is -2.38. The van der Waals surface area contributed by atoms with Gasteiger partial charge < -0.3 is 10.6 Å². The van der Waals surface area contributed by atoms with E-state index in [0.717, 1.165) is 12.5 Å². The number of nitrogens with two attached hydrogens (primary N) is 1. The molecule has 2 unspecified atom stereocenters. The molecule has 1 fully saturated rings. The third kappa shape index (κ3) is 2.22. The maximum atomic E-state index is 5.58. The highest BCUT2D eigenvalue weighted by atomic mass is 15.2. The van der Waals surface area contributed by atoms with Crippen molar-refractivity contribution >= 4 is 11.5 Å². The molecule has 1 aromatic rings. The molecule has 2 N–H and O–H groups in total. The van der Waals surface area contributed by atoms with Crippen LogP contribution >= 0.6 is 0 Å². The number of anilines is 2. The Hall–Kier alpha value is -1.25. The third-order valence-electron chi connectivity index (χ3n) is 3.24. The zero-order chi connectivity index (χ0) is 10.8. The van der Waals surface area contributed by atoms with E-state index >= 15 is 0 Å². The second-order valence-corrected chi connectivity index (χ2v) is 4.61. The van der Waals surface area contributed by atoms with Gasteiger partial charge in [0.05, 0.1) is 11.9 Å². The molecule has 0 saturated carbocycles. The summed E-state index contributed by atoms with van der Waals surface area (Å²) in [4.78, 5) is 6.57. The highest BCUT2D eigenvalue weighted by Crippen LogP contribution is 2.27. The van der Waals surface area contributed by atoms with Crippen LogP contribution in [0.15, 0.2) is 18.3 Å². The van der Waals surface area contributed by atoms with Crippen molar-refractivity contribution in [1.82, 2.24) is 4.98 Å². The van der Waals surface area contributed by atoms with Crippen LogP contribution in [0.1, 0.15) is 26.7 Å². The molecule has 0 amide bonds. The van der Waals surface area contributed by atoms with Gasteiger partial charge in [0.25, 0.3) is 0 Å². The van der Waals surface area contributed by atoms with E-state index in [1.54, 1.807) is 0 Å². The number of aromatic nitrogens is 1. The van der Waals surface area contributed by atoms with Crippen LogP contribution in [0.4, 0.5) is 11.5 Å². The normalized spacial score (nSPS) is 26.7. The van der Waals surface area contributed by atoms with Crippen LogP contribution in [0.2, 0.25) is 0 Å². The molecule has 1 aliphatic rings. The Kier molecular flexibility index (Phi) is 2.80. The minimum atomic E-state index is 0.594. The molecule has 0 bridgehead atoms. The van der Waals surface area contributed by atoms with Gasteiger partial charge in [0.15, 0.2) is 0 Å². The van der Waals surface area contributed by atoms with Crippen LogP contribution in [0.3, 0.4) is 0 Å². The molecule has 3 nitrogen and oxygen atoms in total. The average molecular weight is 205 g/mol. The Balaban J connectivity index is 2.13. The van der Waals surface area contributed by atoms with Gasteiger partial charge in [-0.25, -0.2) is 4.98 Å². The van der Waals surface area contributed by atoms with E-state index in [-0.39, 0.29) is 0 Å². The maximum absolute atomic E-state index is 5.58. The van der Waals surface area contributed by atoms with E-state index in [1.807, 2.05) is 12.3 Å². The van der Waals surface area contributed by atoms with Crippen LogP contribution in [0.5, 0.6) is 0 Å². The Morgan fingerprint density at radius 1 is 1.40 bits per heavy atom. The summed E-state index contributed by atoms with van der Waals surface area (Å²) in [5.41, 5.74) is 6.78. The van der Waals surface area contributed by atoms with Crippen molar-refractivity contribution in [2.24, 2.45) is 5.92 Å². The lowest BCUT2D eigenvalue weighted by Crippen LogP contribution is -2.40. The summed E-state index contributed by atoms with van der Waals surface area (Å²) in [6.07, 6.45) is 4.42. The average Bonchev–Trinajstić information content (AvgIpc) is 2.20. The Labute approximate surface area is 91.3 Å². The van der Waals surface area contributed by atoms with Gasteiger partial charge in [-0.2, -0.15) is 0 Å². The van der Waals surface area contributed by atoms with E-state index < -0.39 is 0 Å². The minimum absolute atomic E-state index is 0.594. The highest BCUT2D eigenvalue weighted by molar-refractivity contribution is 5.49. The van der Waals surface area contributed by atoms with Crippen LogP contribution in [-0.2, 0) is 0 Å². The van der Waals surface area contributed by atoms with E-state index in [9.17, 15) is 0 Å². The van der Waals surface area contributed by atoms with Crippen LogP contribution < -0.4 is 10.6 Å². The fraction of sp³-hybridized carbons (Fsp3) is 0.583. The fourth-order valence-corrected chi connectivity index (χ4v) is 2.36. The van der Waals surface area contributed by atoms with Gasteiger partial charge in [-0.05, 0) is 37.8 Å². The predicted octanol–water partition coefficient (Wildman–Crippen LogP) is 2.29. The number of pyridine rings is 1. The second-order valence-electron chi connectivity index (χ2n) is 4.61. The monoisotopic (exact) mass is 205 g/mol. The summed E-state index contributed by atoms with van der Waals surface area (Å²) < 4.78 is 0. The summed E-state index contributed by atoms with van der Waals surface area (Å²) in [7, 11) is 0. The first-order valence-corrected chi connectivity index (χ1v) is 5.65. The van der Waals surface area contributed by atoms with Crippen molar-refractivity contribution in [2.45, 2.75) is 32.7 Å². The Bertz CT molecular complexity index is 320. The molecule has 1 aromatic heterocycles. The van der Waals surface area contributed by atoms with Crippen molar-refractivity contribution < 1.29 is 0 Å². The molecule has 0 radical (unpaired) electrons. The lowest BCUT2D eigenvalue weighted by atomic mass is 9.93. The van der Waals surface area contributed by atoms with Gasteiger partial charge in [0.2, 0.25) is 0 Å². The fourth-order valence-electron chi connectivity index (χ4n) is 2.36. The molecular formula is C12H19N3. The first-order chi connectivity index (χ1) is 7.16. The molecule has 0 aliphatic carbocycles. The van der Waals surface area contributed by atoms with Crippen molar-refractivity contribution in [2.75, 3.05) is 17.2 Å². The first kappa shape index (κ1) is 10.3. The molecule has 82 valence electrons. The molecule has 2 rings (SSSR count). The number of hydrogen-bond acceptors (Lipinski definition) is 3. The second kappa shape index (κ2) is 4.09. The Morgan fingerprint density at radius 3 is 2.80 bits per heavy atom. The van der Waals surface area contributed by atoms with Crippen molar-refractivity contribution in [1.29, 1.82) is 0 Å². The minimum Gasteiger partial charge on any atom is -0.384 e.